The minimum Gasteiger partial charge on any atom is -0.465 e. The van der Waals surface area contributed by atoms with Crippen molar-refractivity contribution in [1.82, 2.24) is 0 Å². The first-order valence-corrected chi connectivity index (χ1v) is 8.15. The smallest absolute Gasteiger partial charge is 0.327 e. The summed E-state index contributed by atoms with van der Waals surface area (Å²) in [5.74, 6) is -2.73. The van der Waals surface area contributed by atoms with E-state index < -0.39 is 17.9 Å². The van der Waals surface area contributed by atoms with E-state index in [-0.39, 0.29) is 18.2 Å². The van der Waals surface area contributed by atoms with E-state index in [9.17, 15) is 9.59 Å². The number of halogens is 1. The molecule has 1 aromatic carbocycles. The van der Waals surface area contributed by atoms with Gasteiger partial charge in [-0.2, -0.15) is 0 Å². The Hall–Kier alpha value is -1.66. The van der Waals surface area contributed by atoms with Crippen molar-refractivity contribution >= 4 is 46.4 Å². The third-order valence-electron chi connectivity index (χ3n) is 3.02. The number of ether oxygens (including phenoxy) is 2. The van der Waals surface area contributed by atoms with E-state index in [2.05, 4.69) is 0 Å². The molecule has 0 aliphatic rings. The molecule has 126 valence electrons. The maximum Gasteiger partial charge on any atom is 0.327 e. The van der Waals surface area contributed by atoms with Crippen molar-refractivity contribution < 1.29 is 19.1 Å². The molecule has 5 nitrogen and oxygen atoms in total. The van der Waals surface area contributed by atoms with E-state index in [1.54, 1.807) is 43.0 Å². The van der Waals surface area contributed by atoms with Crippen molar-refractivity contribution in [3.05, 3.63) is 29.3 Å². The Kier molecular flexibility index (Phi) is 7.98. The number of hydrogen-bond acceptors (Lipinski definition) is 5. The van der Waals surface area contributed by atoms with Gasteiger partial charge in [0.05, 0.1) is 23.9 Å². The second kappa shape index (κ2) is 9.47. The predicted molar refractivity (Wildman–Crippen MR) is 93.8 cm³/mol. The zero-order valence-corrected chi connectivity index (χ0v) is 14.9. The van der Waals surface area contributed by atoms with Crippen LogP contribution in [0.15, 0.2) is 24.3 Å². The Balaban J connectivity index is 3.17. The van der Waals surface area contributed by atoms with Gasteiger partial charge < -0.3 is 14.4 Å². The van der Waals surface area contributed by atoms with Crippen LogP contribution in [0.4, 0.5) is 5.69 Å². The molecule has 0 unspecified atom stereocenters. The molecule has 0 spiro atoms. The molecule has 7 heteroatoms. The molecule has 0 aromatic heterocycles. The van der Waals surface area contributed by atoms with Crippen LogP contribution in [0, 0.1) is 5.92 Å². The van der Waals surface area contributed by atoms with E-state index in [1.807, 2.05) is 6.92 Å². The highest BCUT2D eigenvalue weighted by Gasteiger charge is 2.37. The second-order valence-corrected chi connectivity index (χ2v) is 5.30. The number of benzene rings is 1. The Morgan fingerprint density at radius 1 is 1.13 bits per heavy atom. The molecule has 1 rings (SSSR count). The molecule has 1 aromatic rings. The molecule has 0 aliphatic carbocycles. The van der Waals surface area contributed by atoms with E-state index in [1.165, 1.54) is 0 Å². The lowest BCUT2D eigenvalue weighted by Gasteiger charge is -2.28. The van der Waals surface area contributed by atoms with Crippen LogP contribution in [-0.2, 0) is 19.1 Å². The number of carbonyl (C=O) groups excluding carboxylic acids is 2. The number of para-hydroxylation sites is 1. The van der Waals surface area contributed by atoms with Gasteiger partial charge in [-0.1, -0.05) is 36.0 Å². The second-order valence-electron chi connectivity index (χ2n) is 4.47. The third kappa shape index (κ3) is 4.91. The van der Waals surface area contributed by atoms with Gasteiger partial charge in [0.25, 0.3) is 0 Å². The summed E-state index contributed by atoms with van der Waals surface area (Å²) in [4.78, 5) is 26.1. The first-order valence-electron chi connectivity index (χ1n) is 7.37. The van der Waals surface area contributed by atoms with Gasteiger partial charge in [0.2, 0.25) is 5.92 Å². The molecule has 0 saturated heterocycles. The lowest BCUT2D eigenvalue weighted by molar-refractivity contribution is -0.157. The minimum absolute atomic E-state index is 0.109. The fourth-order valence-corrected chi connectivity index (χ4v) is 2.68. The largest absolute Gasteiger partial charge is 0.465 e. The highest BCUT2D eigenvalue weighted by Crippen LogP contribution is 2.27. The standard InChI is InChI=1S/C16H20ClNO4S/c1-4-18(12-10-8-7-9-11(12)17)14(23)13(15(19)21-5-2)16(20)22-6-3/h7-10,13H,4-6H2,1-3H3. The number of carbonyl (C=O) groups is 2. The molecule has 23 heavy (non-hydrogen) atoms. The molecule has 0 radical (unpaired) electrons. The quantitative estimate of drug-likeness (QED) is 0.424. The molecule has 0 amide bonds. The Labute approximate surface area is 146 Å². The van der Waals surface area contributed by atoms with Gasteiger partial charge in [0.15, 0.2) is 0 Å². The molecule has 0 saturated carbocycles. The fraction of sp³-hybridized carbons (Fsp3) is 0.438. The normalized spacial score (nSPS) is 10.3. The van der Waals surface area contributed by atoms with Crippen LogP contribution in [-0.4, -0.2) is 36.7 Å². The summed E-state index contributed by atoms with van der Waals surface area (Å²) in [5, 5.41) is 0.475. The van der Waals surface area contributed by atoms with E-state index in [0.717, 1.165) is 0 Å². The van der Waals surface area contributed by atoms with Gasteiger partial charge in [-0.25, -0.2) is 0 Å². The van der Waals surface area contributed by atoms with Gasteiger partial charge >= 0.3 is 11.9 Å². The monoisotopic (exact) mass is 357 g/mol. The molecule has 0 bridgehead atoms. The van der Waals surface area contributed by atoms with Gasteiger partial charge in [-0.15, -0.1) is 0 Å². The SMILES string of the molecule is CCOC(=O)C(C(=O)OCC)C(=S)N(CC)c1ccccc1Cl. The van der Waals surface area contributed by atoms with Crippen LogP contribution >= 0.6 is 23.8 Å². The molecule has 0 aliphatic heterocycles. The van der Waals surface area contributed by atoms with Gasteiger partial charge in [-0.05, 0) is 32.9 Å². The number of nitrogens with zero attached hydrogens (tertiary/aromatic N) is 1. The average Bonchev–Trinajstić information content (AvgIpc) is 2.50. The van der Waals surface area contributed by atoms with Crippen LogP contribution in [0.25, 0.3) is 0 Å². The molecule has 0 heterocycles. The Bertz CT molecular complexity index is 561. The van der Waals surface area contributed by atoms with Crippen molar-refractivity contribution in [2.24, 2.45) is 5.92 Å². The molecule has 0 atom stereocenters. The molecule has 0 fully saturated rings. The van der Waals surface area contributed by atoms with Gasteiger partial charge in [0.1, 0.15) is 4.99 Å². The van der Waals surface area contributed by atoms with E-state index in [0.29, 0.717) is 17.3 Å². The molecule has 0 N–H and O–H groups in total. The van der Waals surface area contributed by atoms with Crippen LogP contribution in [0.1, 0.15) is 20.8 Å². The summed E-state index contributed by atoms with van der Waals surface area (Å²) in [6, 6.07) is 7.07. The number of esters is 2. The van der Waals surface area contributed by atoms with Crippen LogP contribution in [0.3, 0.4) is 0 Å². The van der Waals surface area contributed by atoms with Gasteiger partial charge in [0, 0.05) is 6.54 Å². The van der Waals surface area contributed by atoms with E-state index in [4.69, 9.17) is 33.3 Å². The van der Waals surface area contributed by atoms with Crippen LogP contribution in [0.5, 0.6) is 0 Å². The molecular formula is C16H20ClNO4S. The van der Waals surface area contributed by atoms with Gasteiger partial charge in [-0.3, -0.25) is 9.59 Å². The van der Waals surface area contributed by atoms with Crippen molar-refractivity contribution in [1.29, 1.82) is 0 Å². The topological polar surface area (TPSA) is 55.8 Å². The lowest BCUT2D eigenvalue weighted by atomic mass is 10.1. The number of hydrogen-bond donors (Lipinski definition) is 0. The lowest BCUT2D eigenvalue weighted by Crippen LogP contribution is -2.43. The summed E-state index contributed by atoms with van der Waals surface area (Å²) in [5.41, 5.74) is 0.625. The fourth-order valence-electron chi connectivity index (χ4n) is 2.02. The van der Waals surface area contributed by atoms with Crippen molar-refractivity contribution in [2.45, 2.75) is 20.8 Å². The first-order chi connectivity index (χ1) is 11.0. The maximum absolute atomic E-state index is 12.2. The zero-order chi connectivity index (χ0) is 17.4. The Morgan fingerprint density at radius 3 is 2.09 bits per heavy atom. The highest BCUT2D eigenvalue weighted by molar-refractivity contribution is 7.80. The number of anilines is 1. The summed E-state index contributed by atoms with van der Waals surface area (Å²) < 4.78 is 9.93. The number of rotatable bonds is 7. The number of thiocarbonyl (C=S) groups is 1. The highest BCUT2D eigenvalue weighted by atomic mass is 35.5. The van der Waals surface area contributed by atoms with Crippen molar-refractivity contribution in [3.63, 3.8) is 0 Å². The van der Waals surface area contributed by atoms with E-state index >= 15 is 0 Å². The van der Waals surface area contributed by atoms with Crippen LogP contribution in [0.2, 0.25) is 5.02 Å². The Morgan fingerprint density at radius 2 is 1.65 bits per heavy atom. The maximum atomic E-state index is 12.2. The van der Waals surface area contributed by atoms with Crippen molar-refractivity contribution in [3.8, 4) is 0 Å². The summed E-state index contributed by atoms with van der Waals surface area (Å²) in [6.07, 6.45) is 0. The molecular weight excluding hydrogens is 338 g/mol. The van der Waals surface area contributed by atoms with Crippen molar-refractivity contribution in [2.75, 3.05) is 24.7 Å². The minimum atomic E-state index is -1.29. The summed E-state index contributed by atoms with van der Waals surface area (Å²) in [7, 11) is 0. The summed E-state index contributed by atoms with van der Waals surface area (Å²) >= 11 is 11.6. The zero-order valence-electron chi connectivity index (χ0n) is 13.4. The predicted octanol–water partition coefficient (Wildman–Crippen LogP) is 3.24. The third-order valence-corrected chi connectivity index (χ3v) is 3.79. The summed E-state index contributed by atoms with van der Waals surface area (Å²) in [6.45, 7) is 5.91. The first kappa shape index (κ1) is 19.4. The average molecular weight is 358 g/mol. The van der Waals surface area contributed by atoms with Crippen LogP contribution < -0.4 is 4.90 Å².